The summed E-state index contributed by atoms with van der Waals surface area (Å²) in [5.74, 6) is 2.63. The lowest BCUT2D eigenvalue weighted by atomic mass is 9.95. The number of nitrogens with one attached hydrogen (secondary N) is 2. The first-order chi connectivity index (χ1) is 17.5. The van der Waals surface area contributed by atoms with E-state index >= 15 is 0 Å². The molecule has 2 aromatic carbocycles. The van der Waals surface area contributed by atoms with E-state index in [1.165, 1.54) is 0 Å². The van der Waals surface area contributed by atoms with Gasteiger partial charge in [-0.1, -0.05) is 43.3 Å². The van der Waals surface area contributed by atoms with Crippen molar-refractivity contribution in [2.24, 2.45) is 0 Å². The molecule has 0 fully saturated rings. The third-order valence-electron chi connectivity index (χ3n) is 5.73. The van der Waals surface area contributed by atoms with Crippen molar-refractivity contribution in [3.63, 3.8) is 0 Å². The van der Waals surface area contributed by atoms with Crippen molar-refractivity contribution >= 4 is 45.2 Å². The van der Waals surface area contributed by atoms with Gasteiger partial charge in [-0.05, 0) is 66.0 Å². The molecule has 0 saturated carbocycles. The maximum atomic E-state index is 13.8. The van der Waals surface area contributed by atoms with E-state index in [1.807, 2.05) is 56.3 Å². The zero-order valence-electron chi connectivity index (χ0n) is 20.8. The summed E-state index contributed by atoms with van der Waals surface area (Å²) in [7, 11) is 1.62. The zero-order valence-corrected chi connectivity index (χ0v) is 23.2. The molecule has 8 nitrogen and oxygen atoms in total. The molecule has 1 atom stereocenters. The van der Waals surface area contributed by atoms with Gasteiger partial charge in [0, 0.05) is 11.4 Å². The molecule has 36 heavy (non-hydrogen) atoms. The van der Waals surface area contributed by atoms with Crippen LogP contribution in [0.5, 0.6) is 11.5 Å². The van der Waals surface area contributed by atoms with Crippen molar-refractivity contribution < 1.29 is 14.3 Å². The highest BCUT2D eigenvalue weighted by Gasteiger charge is 2.35. The minimum Gasteiger partial charge on any atom is -0.496 e. The average Bonchev–Trinajstić information content (AvgIpc) is 3.26. The average molecular weight is 573 g/mol. The monoisotopic (exact) mass is 571 g/mol. The van der Waals surface area contributed by atoms with Crippen LogP contribution in [0.15, 0.2) is 63.4 Å². The molecule has 4 rings (SSSR count). The van der Waals surface area contributed by atoms with E-state index in [0.717, 1.165) is 28.6 Å². The molecule has 1 aliphatic rings. The number of methoxy groups -OCH3 is 1. The van der Waals surface area contributed by atoms with Crippen LogP contribution in [-0.2, 0) is 4.79 Å². The Balaban J connectivity index is 1.75. The molecule has 2 heterocycles. The van der Waals surface area contributed by atoms with Crippen LogP contribution in [-0.4, -0.2) is 40.1 Å². The van der Waals surface area contributed by atoms with E-state index in [2.05, 4.69) is 33.5 Å². The highest BCUT2D eigenvalue weighted by atomic mass is 79.9. The molecule has 0 aliphatic carbocycles. The first-order valence-electron chi connectivity index (χ1n) is 11.9. The molecular formula is C26H30BrN5O3S. The van der Waals surface area contributed by atoms with Gasteiger partial charge in [-0.3, -0.25) is 4.79 Å². The Morgan fingerprint density at radius 3 is 2.75 bits per heavy atom. The quantitative estimate of drug-likeness (QED) is 0.219. The van der Waals surface area contributed by atoms with Crippen LogP contribution in [0, 0.1) is 0 Å². The van der Waals surface area contributed by atoms with E-state index in [1.54, 1.807) is 23.6 Å². The molecule has 0 spiro atoms. The van der Waals surface area contributed by atoms with Crippen LogP contribution in [0.2, 0.25) is 0 Å². The number of fused-ring (bicyclic) bond motifs is 1. The number of hydrogen-bond acceptors (Lipinski definition) is 7. The molecule has 1 amide bonds. The molecule has 0 bridgehead atoms. The second kappa shape index (κ2) is 11.8. The van der Waals surface area contributed by atoms with Crippen molar-refractivity contribution in [1.29, 1.82) is 0 Å². The van der Waals surface area contributed by atoms with Gasteiger partial charge in [0.15, 0.2) is 0 Å². The summed E-state index contributed by atoms with van der Waals surface area (Å²) in [6.07, 6.45) is 2.19. The SMILES string of the molecule is CCCCSc1nc2n(n1)C(c1ccc(OC)c(Br)c1)C(C(=O)Nc1ccccc1OCC)=C(C)N2. The number of allylic oxidation sites excluding steroid dienone is 1. The first kappa shape index (κ1) is 26.1. The fraction of sp³-hybridized carbons (Fsp3) is 0.346. The number of rotatable bonds is 10. The van der Waals surface area contributed by atoms with Crippen molar-refractivity contribution in [2.45, 2.75) is 44.8 Å². The third kappa shape index (κ3) is 5.54. The Labute approximate surface area is 224 Å². The van der Waals surface area contributed by atoms with Crippen molar-refractivity contribution in [3.05, 3.63) is 63.8 Å². The first-order valence-corrected chi connectivity index (χ1v) is 13.7. The number of hydrogen-bond donors (Lipinski definition) is 2. The highest BCUT2D eigenvalue weighted by molar-refractivity contribution is 9.10. The Morgan fingerprint density at radius 1 is 1.22 bits per heavy atom. The third-order valence-corrected chi connectivity index (χ3v) is 7.28. The van der Waals surface area contributed by atoms with Gasteiger partial charge in [-0.2, -0.15) is 4.98 Å². The Hall–Kier alpha value is -2.98. The number of anilines is 2. The summed E-state index contributed by atoms with van der Waals surface area (Å²) in [5.41, 5.74) is 2.74. The second-order valence-corrected chi connectivity index (χ2v) is 10.1. The van der Waals surface area contributed by atoms with Crippen LogP contribution in [0.3, 0.4) is 0 Å². The van der Waals surface area contributed by atoms with E-state index in [4.69, 9.17) is 19.6 Å². The summed E-state index contributed by atoms with van der Waals surface area (Å²) in [4.78, 5) is 18.5. The standard InChI is InChI=1S/C26H30BrN5O3S/c1-5-7-14-36-26-30-25-28-16(3)22(24(33)29-19-10-8-9-11-21(19)35-6-2)23(32(25)31-26)17-12-13-20(34-4)18(27)15-17/h8-13,15,23H,5-7,14H2,1-4H3,(H,29,33)(H,28,30,31). The predicted octanol–water partition coefficient (Wildman–Crippen LogP) is 6.27. The van der Waals surface area contributed by atoms with E-state index in [9.17, 15) is 4.79 Å². The van der Waals surface area contributed by atoms with Crippen LogP contribution in [0.4, 0.5) is 11.6 Å². The number of benzene rings is 2. The minimum absolute atomic E-state index is 0.245. The molecule has 0 radical (unpaired) electrons. The fourth-order valence-electron chi connectivity index (χ4n) is 4.00. The van der Waals surface area contributed by atoms with Gasteiger partial charge >= 0.3 is 0 Å². The summed E-state index contributed by atoms with van der Waals surface area (Å²) in [5, 5.41) is 11.8. The molecular weight excluding hydrogens is 542 g/mol. The van der Waals surface area contributed by atoms with Crippen LogP contribution in [0.25, 0.3) is 0 Å². The van der Waals surface area contributed by atoms with Crippen molar-refractivity contribution in [2.75, 3.05) is 30.1 Å². The number of halogens is 1. The predicted molar refractivity (Wildman–Crippen MR) is 147 cm³/mol. The number of carbonyl (C=O) groups is 1. The smallest absolute Gasteiger partial charge is 0.255 e. The van der Waals surface area contributed by atoms with E-state index < -0.39 is 6.04 Å². The normalized spacial score (nSPS) is 14.8. The number of unbranched alkanes of at least 4 members (excludes halogenated alkanes) is 1. The van der Waals surface area contributed by atoms with Gasteiger partial charge in [0.05, 0.1) is 29.4 Å². The van der Waals surface area contributed by atoms with Gasteiger partial charge in [-0.25, -0.2) is 4.68 Å². The lowest BCUT2D eigenvalue weighted by Crippen LogP contribution is -2.31. The Bertz CT molecular complexity index is 1280. The highest BCUT2D eigenvalue weighted by Crippen LogP contribution is 2.39. The maximum absolute atomic E-state index is 13.8. The van der Waals surface area contributed by atoms with Crippen LogP contribution < -0.4 is 20.1 Å². The number of aromatic nitrogens is 3. The zero-order chi connectivity index (χ0) is 25.7. The molecule has 0 saturated heterocycles. The maximum Gasteiger partial charge on any atom is 0.255 e. The number of para-hydroxylation sites is 2. The molecule has 3 aromatic rings. The molecule has 10 heteroatoms. The number of ether oxygens (including phenoxy) is 2. The van der Waals surface area contributed by atoms with Gasteiger partial charge in [-0.15, -0.1) is 5.10 Å². The summed E-state index contributed by atoms with van der Waals surface area (Å²) in [6, 6.07) is 12.7. The van der Waals surface area contributed by atoms with Crippen LogP contribution >= 0.6 is 27.7 Å². The largest absolute Gasteiger partial charge is 0.496 e. The lowest BCUT2D eigenvalue weighted by molar-refractivity contribution is -0.113. The topological polar surface area (TPSA) is 90.3 Å². The lowest BCUT2D eigenvalue weighted by Gasteiger charge is -2.29. The number of thioether (sulfide) groups is 1. The van der Waals surface area contributed by atoms with Crippen molar-refractivity contribution in [1.82, 2.24) is 14.8 Å². The second-order valence-electron chi connectivity index (χ2n) is 8.21. The summed E-state index contributed by atoms with van der Waals surface area (Å²) < 4.78 is 13.7. The minimum atomic E-state index is -0.490. The number of nitrogens with zero attached hydrogens (tertiary/aromatic N) is 3. The molecule has 1 aromatic heterocycles. The molecule has 1 unspecified atom stereocenters. The van der Waals surface area contributed by atoms with Gasteiger partial charge in [0.1, 0.15) is 17.5 Å². The van der Waals surface area contributed by atoms with Crippen molar-refractivity contribution in [3.8, 4) is 11.5 Å². The van der Waals surface area contributed by atoms with Gasteiger partial charge in [0.2, 0.25) is 11.1 Å². The molecule has 2 N–H and O–H groups in total. The number of carbonyl (C=O) groups excluding carboxylic acids is 1. The Kier molecular flexibility index (Phi) is 8.58. The molecule has 190 valence electrons. The fourth-order valence-corrected chi connectivity index (χ4v) is 5.47. The van der Waals surface area contributed by atoms with E-state index in [-0.39, 0.29) is 5.91 Å². The van der Waals surface area contributed by atoms with Gasteiger partial charge < -0.3 is 20.1 Å². The molecule has 1 aliphatic heterocycles. The summed E-state index contributed by atoms with van der Waals surface area (Å²) in [6.45, 7) is 6.46. The Morgan fingerprint density at radius 2 is 2.03 bits per heavy atom. The van der Waals surface area contributed by atoms with E-state index in [0.29, 0.717) is 46.2 Å². The summed E-state index contributed by atoms with van der Waals surface area (Å²) >= 11 is 5.21. The van der Waals surface area contributed by atoms with Crippen LogP contribution in [0.1, 0.15) is 45.2 Å². The number of amides is 1. The van der Waals surface area contributed by atoms with Gasteiger partial charge in [0.25, 0.3) is 5.91 Å².